The molecule has 1 N–H and O–H groups in total. The van der Waals surface area contributed by atoms with Gasteiger partial charge < -0.3 is 5.32 Å². The van der Waals surface area contributed by atoms with Crippen LogP contribution < -0.4 is 5.32 Å². The van der Waals surface area contributed by atoms with Gasteiger partial charge in [0, 0.05) is 13.0 Å². The van der Waals surface area contributed by atoms with Gasteiger partial charge in [0.1, 0.15) is 5.78 Å². The van der Waals surface area contributed by atoms with Crippen LogP contribution in [0.3, 0.4) is 0 Å². The SMILES string of the molecule is CCC(C)C(=O)CN(C)CC(=O)NC. The van der Waals surface area contributed by atoms with E-state index in [2.05, 4.69) is 5.32 Å². The van der Waals surface area contributed by atoms with Gasteiger partial charge in [0.25, 0.3) is 0 Å². The van der Waals surface area contributed by atoms with E-state index in [0.717, 1.165) is 6.42 Å². The molecule has 0 saturated carbocycles. The van der Waals surface area contributed by atoms with Crippen molar-refractivity contribution in [3.05, 3.63) is 0 Å². The van der Waals surface area contributed by atoms with Crippen molar-refractivity contribution in [3.8, 4) is 0 Å². The predicted molar refractivity (Wildman–Crippen MR) is 56.0 cm³/mol. The van der Waals surface area contributed by atoms with Gasteiger partial charge in [0.05, 0.1) is 13.1 Å². The standard InChI is InChI=1S/C10H20N2O2/c1-5-8(2)9(13)6-12(4)7-10(14)11-3/h8H,5-7H2,1-4H3,(H,11,14). The summed E-state index contributed by atoms with van der Waals surface area (Å²) in [6.45, 7) is 4.53. The predicted octanol–water partition coefficient (Wildman–Crippen LogP) is 0.279. The Kier molecular flexibility index (Phi) is 6.12. The Morgan fingerprint density at radius 2 is 1.93 bits per heavy atom. The van der Waals surface area contributed by atoms with Crippen molar-refractivity contribution < 1.29 is 9.59 Å². The van der Waals surface area contributed by atoms with Crippen molar-refractivity contribution in [1.82, 2.24) is 10.2 Å². The summed E-state index contributed by atoms with van der Waals surface area (Å²) < 4.78 is 0. The van der Waals surface area contributed by atoms with Gasteiger partial charge in [-0.15, -0.1) is 0 Å². The zero-order chi connectivity index (χ0) is 11.1. The minimum Gasteiger partial charge on any atom is -0.358 e. The summed E-state index contributed by atoms with van der Waals surface area (Å²) in [5, 5.41) is 2.52. The van der Waals surface area contributed by atoms with Crippen LogP contribution in [0.25, 0.3) is 0 Å². The molecule has 0 heterocycles. The van der Waals surface area contributed by atoms with Gasteiger partial charge in [-0.1, -0.05) is 13.8 Å². The minimum atomic E-state index is -0.0653. The third kappa shape index (κ3) is 4.97. The molecule has 4 nitrogen and oxygen atoms in total. The molecule has 0 aromatic heterocycles. The molecule has 0 aromatic carbocycles. The van der Waals surface area contributed by atoms with E-state index in [1.807, 2.05) is 13.8 Å². The summed E-state index contributed by atoms with van der Waals surface area (Å²) in [5.41, 5.74) is 0. The lowest BCUT2D eigenvalue weighted by molar-refractivity contribution is -0.125. The number of hydrogen-bond acceptors (Lipinski definition) is 3. The number of amides is 1. The Hall–Kier alpha value is -0.900. The van der Waals surface area contributed by atoms with Gasteiger partial charge >= 0.3 is 0 Å². The first-order valence-electron chi connectivity index (χ1n) is 4.93. The highest BCUT2D eigenvalue weighted by Crippen LogP contribution is 2.02. The summed E-state index contributed by atoms with van der Waals surface area (Å²) in [6.07, 6.45) is 0.854. The van der Waals surface area contributed by atoms with E-state index in [9.17, 15) is 9.59 Å². The van der Waals surface area contributed by atoms with Gasteiger partial charge in [0.2, 0.25) is 5.91 Å². The highest BCUT2D eigenvalue weighted by atomic mass is 16.2. The average molecular weight is 200 g/mol. The van der Waals surface area contributed by atoms with Crippen LogP contribution in [0, 0.1) is 5.92 Å². The second-order valence-corrected chi connectivity index (χ2v) is 3.62. The Morgan fingerprint density at radius 3 is 2.36 bits per heavy atom. The van der Waals surface area contributed by atoms with Crippen LogP contribution in [0.1, 0.15) is 20.3 Å². The fraction of sp³-hybridized carbons (Fsp3) is 0.800. The molecule has 1 unspecified atom stereocenters. The quantitative estimate of drug-likeness (QED) is 0.670. The number of nitrogens with one attached hydrogen (secondary N) is 1. The lowest BCUT2D eigenvalue weighted by Gasteiger charge is -2.16. The lowest BCUT2D eigenvalue weighted by atomic mass is 10.0. The van der Waals surface area contributed by atoms with Crippen molar-refractivity contribution in [1.29, 1.82) is 0 Å². The third-order valence-corrected chi connectivity index (χ3v) is 2.28. The molecular formula is C10H20N2O2. The summed E-state index contributed by atoms with van der Waals surface area (Å²) in [5.74, 6) is 0.213. The molecule has 1 atom stereocenters. The van der Waals surface area contributed by atoms with Gasteiger partial charge in [-0.2, -0.15) is 0 Å². The van der Waals surface area contributed by atoms with Gasteiger partial charge in [-0.25, -0.2) is 0 Å². The Balaban J connectivity index is 3.88. The van der Waals surface area contributed by atoms with Gasteiger partial charge in [0.15, 0.2) is 0 Å². The molecule has 0 spiro atoms. The smallest absolute Gasteiger partial charge is 0.233 e. The second kappa shape index (κ2) is 6.54. The van der Waals surface area contributed by atoms with Crippen molar-refractivity contribution >= 4 is 11.7 Å². The molecule has 14 heavy (non-hydrogen) atoms. The molecule has 0 saturated heterocycles. The van der Waals surface area contributed by atoms with E-state index in [1.165, 1.54) is 0 Å². The maximum Gasteiger partial charge on any atom is 0.233 e. The van der Waals surface area contributed by atoms with E-state index < -0.39 is 0 Å². The normalized spacial score (nSPS) is 12.6. The van der Waals surface area contributed by atoms with Gasteiger partial charge in [-0.05, 0) is 13.5 Å². The molecule has 0 aliphatic rings. The molecule has 0 radical (unpaired) electrons. The Labute approximate surface area is 85.7 Å². The van der Waals surface area contributed by atoms with Crippen molar-refractivity contribution in [2.45, 2.75) is 20.3 Å². The highest BCUT2D eigenvalue weighted by Gasteiger charge is 2.14. The van der Waals surface area contributed by atoms with E-state index in [4.69, 9.17) is 0 Å². The van der Waals surface area contributed by atoms with Crippen molar-refractivity contribution in [2.24, 2.45) is 5.92 Å². The van der Waals surface area contributed by atoms with Crippen LogP contribution in [0.15, 0.2) is 0 Å². The number of likely N-dealkylation sites (N-methyl/N-ethyl adjacent to an activating group) is 2. The summed E-state index contributed by atoms with van der Waals surface area (Å²) in [4.78, 5) is 24.2. The van der Waals surface area contributed by atoms with Crippen LogP contribution in [0.4, 0.5) is 0 Å². The fourth-order valence-corrected chi connectivity index (χ4v) is 1.03. The zero-order valence-electron chi connectivity index (χ0n) is 9.46. The number of rotatable bonds is 6. The van der Waals surface area contributed by atoms with Crippen LogP contribution in [-0.4, -0.2) is 43.8 Å². The fourth-order valence-electron chi connectivity index (χ4n) is 1.03. The molecule has 0 aliphatic heterocycles. The van der Waals surface area contributed by atoms with Crippen molar-refractivity contribution in [2.75, 3.05) is 27.2 Å². The van der Waals surface area contributed by atoms with E-state index >= 15 is 0 Å². The first-order valence-corrected chi connectivity index (χ1v) is 4.93. The Bertz CT molecular complexity index is 204. The Morgan fingerprint density at radius 1 is 1.36 bits per heavy atom. The molecule has 1 amide bonds. The molecule has 0 rings (SSSR count). The van der Waals surface area contributed by atoms with Gasteiger partial charge in [-0.3, -0.25) is 14.5 Å². The third-order valence-electron chi connectivity index (χ3n) is 2.28. The molecule has 0 bridgehead atoms. The summed E-state index contributed by atoms with van der Waals surface area (Å²) >= 11 is 0. The monoisotopic (exact) mass is 200 g/mol. The number of ketones is 1. The number of Topliss-reactive ketones (excluding diaryl/α,β-unsaturated/α-hetero) is 1. The molecule has 0 aliphatic carbocycles. The van der Waals surface area contributed by atoms with Crippen LogP contribution >= 0.6 is 0 Å². The molecule has 0 aromatic rings. The number of hydrogen-bond donors (Lipinski definition) is 1. The van der Waals surface area contributed by atoms with E-state index in [-0.39, 0.29) is 24.2 Å². The van der Waals surface area contributed by atoms with Crippen LogP contribution in [0.5, 0.6) is 0 Å². The number of carbonyl (C=O) groups is 2. The molecule has 0 fully saturated rings. The van der Waals surface area contributed by atoms with E-state index in [1.54, 1.807) is 19.0 Å². The summed E-state index contributed by atoms with van der Waals surface area (Å²) in [7, 11) is 3.36. The maximum absolute atomic E-state index is 11.5. The molecular weight excluding hydrogens is 180 g/mol. The maximum atomic E-state index is 11.5. The molecule has 4 heteroatoms. The summed E-state index contributed by atoms with van der Waals surface area (Å²) in [6, 6.07) is 0. The highest BCUT2D eigenvalue weighted by molar-refractivity contribution is 5.83. The van der Waals surface area contributed by atoms with Crippen molar-refractivity contribution in [3.63, 3.8) is 0 Å². The first kappa shape index (κ1) is 13.1. The van der Waals surface area contributed by atoms with E-state index in [0.29, 0.717) is 6.54 Å². The van der Waals surface area contributed by atoms with Crippen LogP contribution in [0.2, 0.25) is 0 Å². The first-order chi connectivity index (χ1) is 6.51. The largest absolute Gasteiger partial charge is 0.358 e. The van der Waals surface area contributed by atoms with Crippen LogP contribution in [-0.2, 0) is 9.59 Å². The number of nitrogens with zero attached hydrogens (tertiary/aromatic N) is 1. The second-order valence-electron chi connectivity index (χ2n) is 3.62. The lowest BCUT2D eigenvalue weighted by Crippen LogP contribution is -2.37. The minimum absolute atomic E-state index is 0.0653. The zero-order valence-corrected chi connectivity index (χ0v) is 9.46. The topological polar surface area (TPSA) is 49.4 Å². The number of carbonyl (C=O) groups excluding carboxylic acids is 2. The molecule has 82 valence electrons. The average Bonchev–Trinajstić information content (AvgIpc) is 2.15.